The Hall–Kier alpha value is -2.74. The Morgan fingerprint density at radius 3 is 3.09 bits per heavy atom. The smallest absolute Gasteiger partial charge is 0.275 e. The van der Waals surface area contributed by atoms with Gasteiger partial charge in [0.25, 0.3) is 5.56 Å². The van der Waals surface area contributed by atoms with Crippen LogP contribution in [0.15, 0.2) is 41.5 Å². The number of hydrogen-bond acceptors (Lipinski definition) is 6. The highest BCUT2D eigenvalue weighted by Crippen LogP contribution is 2.16. The Kier molecular flexibility index (Phi) is 3.30. The van der Waals surface area contributed by atoms with Gasteiger partial charge in [-0.05, 0) is 19.1 Å². The van der Waals surface area contributed by atoms with Gasteiger partial charge in [-0.1, -0.05) is 17.4 Å². The molecule has 0 radical (unpaired) electrons. The van der Waals surface area contributed by atoms with E-state index < -0.39 is 0 Å². The van der Waals surface area contributed by atoms with E-state index in [0.717, 1.165) is 17.8 Å². The number of nitrogens with one attached hydrogen (secondary N) is 1. The van der Waals surface area contributed by atoms with Crippen molar-refractivity contribution in [3.63, 3.8) is 0 Å². The fourth-order valence-electron chi connectivity index (χ4n) is 2.40. The quantitative estimate of drug-likeness (QED) is 0.618. The first kappa shape index (κ1) is 13.9. The molecule has 0 bridgehead atoms. The summed E-state index contributed by atoms with van der Waals surface area (Å²) in [4.78, 5) is 21.3. The third-order valence-corrected chi connectivity index (χ3v) is 4.31. The lowest BCUT2D eigenvalue weighted by Gasteiger charge is -1.98. The molecule has 4 aromatic heterocycles. The van der Waals surface area contributed by atoms with Crippen LogP contribution in [0.2, 0.25) is 0 Å². The van der Waals surface area contributed by atoms with Gasteiger partial charge < -0.3 is 9.72 Å². The summed E-state index contributed by atoms with van der Waals surface area (Å²) < 4.78 is 3.32. The van der Waals surface area contributed by atoms with E-state index in [1.54, 1.807) is 6.92 Å². The van der Waals surface area contributed by atoms with E-state index in [2.05, 4.69) is 20.4 Å². The Morgan fingerprint density at radius 1 is 1.30 bits per heavy atom. The van der Waals surface area contributed by atoms with Crippen molar-refractivity contribution in [3.8, 4) is 0 Å². The van der Waals surface area contributed by atoms with Gasteiger partial charge in [-0.2, -0.15) is 4.52 Å². The molecule has 7 nitrogen and oxygen atoms in total. The number of rotatable bonds is 4. The lowest BCUT2D eigenvalue weighted by atomic mass is 10.3. The molecule has 0 saturated heterocycles. The van der Waals surface area contributed by atoms with Gasteiger partial charge in [-0.3, -0.25) is 4.79 Å². The average molecular weight is 326 g/mol. The van der Waals surface area contributed by atoms with E-state index in [0.29, 0.717) is 22.3 Å². The molecule has 0 aliphatic rings. The summed E-state index contributed by atoms with van der Waals surface area (Å²) in [6, 6.07) is 7.40. The first-order valence-electron chi connectivity index (χ1n) is 7.23. The van der Waals surface area contributed by atoms with Crippen LogP contribution in [0.5, 0.6) is 0 Å². The first-order valence-corrected chi connectivity index (χ1v) is 8.05. The zero-order chi connectivity index (χ0) is 15.8. The lowest BCUT2D eigenvalue weighted by molar-refractivity contribution is 0.881. The second-order valence-electron chi connectivity index (χ2n) is 5.21. The summed E-state index contributed by atoms with van der Waals surface area (Å²) in [6.45, 7) is 2.50. The Bertz CT molecular complexity index is 1010. The van der Waals surface area contributed by atoms with Gasteiger partial charge in [0.1, 0.15) is 5.65 Å². The molecule has 8 heteroatoms. The van der Waals surface area contributed by atoms with Crippen LogP contribution in [0.1, 0.15) is 11.4 Å². The van der Waals surface area contributed by atoms with Crippen LogP contribution in [0.4, 0.5) is 5.13 Å². The molecule has 0 aliphatic carbocycles. The molecule has 23 heavy (non-hydrogen) atoms. The predicted octanol–water partition coefficient (Wildman–Crippen LogP) is 1.76. The third-order valence-electron chi connectivity index (χ3n) is 3.44. The molecule has 4 rings (SSSR count). The lowest BCUT2D eigenvalue weighted by Crippen LogP contribution is -2.14. The van der Waals surface area contributed by atoms with Gasteiger partial charge in [0, 0.05) is 37.1 Å². The number of hydrogen-bond donors (Lipinski definition) is 1. The van der Waals surface area contributed by atoms with E-state index in [9.17, 15) is 4.79 Å². The fraction of sp³-hybridized carbons (Fsp3) is 0.200. The van der Waals surface area contributed by atoms with E-state index in [1.165, 1.54) is 21.9 Å². The molecule has 0 fully saturated rings. The summed E-state index contributed by atoms with van der Waals surface area (Å²) in [5.74, 6) is 0. The van der Waals surface area contributed by atoms with Gasteiger partial charge in [-0.15, -0.1) is 5.10 Å². The third kappa shape index (κ3) is 2.68. The van der Waals surface area contributed by atoms with E-state index >= 15 is 0 Å². The number of nitrogens with zero attached hydrogens (tertiary/aromatic N) is 5. The number of aryl methyl sites for hydroxylation is 1. The van der Waals surface area contributed by atoms with Crippen molar-refractivity contribution in [1.29, 1.82) is 0 Å². The molecule has 1 N–H and O–H groups in total. The molecule has 0 amide bonds. The Labute approximate surface area is 135 Å². The number of fused-ring (bicyclic) bond motifs is 2. The zero-order valence-electron chi connectivity index (χ0n) is 12.4. The van der Waals surface area contributed by atoms with Gasteiger partial charge >= 0.3 is 0 Å². The molecule has 0 spiro atoms. The van der Waals surface area contributed by atoms with E-state index in [4.69, 9.17) is 0 Å². The first-order chi connectivity index (χ1) is 11.2. The van der Waals surface area contributed by atoms with Crippen molar-refractivity contribution in [1.82, 2.24) is 24.0 Å². The van der Waals surface area contributed by atoms with Crippen LogP contribution in [-0.2, 0) is 6.42 Å². The van der Waals surface area contributed by atoms with Crippen LogP contribution in [-0.4, -0.2) is 30.5 Å². The minimum Gasteiger partial charge on any atom is -0.360 e. The van der Waals surface area contributed by atoms with E-state index in [1.807, 2.05) is 35.0 Å². The second-order valence-corrected chi connectivity index (χ2v) is 6.17. The summed E-state index contributed by atoms with van der Waals surface area (Å²) in [6.07, 6.45) is 4.77. The topological polar surface area (TPSA) is 76.6 Å². The predicted molar refractivity (Wildman–Crippen MR) is 89.3 cm³/mol. The zero-order valence-corrected chi connectivity index (χ0v) is 13.2. The monoisotopic (exact) mass is 326 g/mol. The van der Waals surface area contributed by atoms with Gasteiger partial charge in [0.2, 0.25) is 10.1 Å². The molecule has 0 atom stereocenters. The highest BCUT2D eigenvalue weighted by molar-refractivity contribution is 7.20. The molecule has 4 heterocycles. The van der Waals surface area contributed by atoms with Crippen molar-refractivity contribution in [3.05, 3.63) is 58.4 Å². The van der Waals surface area contributed by atoms with Crippen LogP contribution in [0, 0.1) is 6.92 Å². The van der Waals surface area contributed by atoms with Crippen LogP contribution < -0.4 is 10.9 Å². The average Bonchev–Trinajstić information content (AvgIpc) is 3.10. The highest BCUT2D eigenvalue weighted by atomic mass is 32.1. The summed E-state index contributed by atoms with van der Waals surface area (Å²) in [5.41, 5.74) is 2.50. The fourth-order valence-corrected chi connectivity index (χ4v) is 3.27. The minimum atomic E-state index is -0.155. The maximum atomic E-state index is 11.8. The highest BCUT2D eigenvalue weighted by Gasteiger charge is 2.07. The van der Waals surface area contributed by atoms with Crippen molar-refractivity contribution in [2.45, 2.75) is 13.3 Å². The number of anilines is 1. The molecule has 116 valence electrons. The molecule has 0 aromatic carbocycles. The number of imidazole rings is 1. The van der Waals surface area contributed by atoms with Crippen molar-refractivity contribution < 1.29 is 0 Å². The number of aromatic nitrogens is 5. The summed E-state index contributed by atoms with van der Waals surface area (Å²) in [5, 5.41) is 8.17. The standard InChI is InChI=1S/C15H14N6OS/c1-10-8-13(22)21-15(17-10)23-14(19-21)16-6-5-11-9-20-7-3-2-4-12(20)18-11/h2-4,7-9H,5-6H2,1H3,(H,16,19). The van der Waals surface area contributed by atoms with Crippen LogP contribution in [0.3, 0.4) is 0 Å². The van der Waals surface area contributed by atoms with Crippen molar-refractivity contribution in [2.75, 3.05) is 11.9 Å². The maximum Gasteiger partial charge on any atom is 0.275 e. The minimum absolute atomic E-state index is 0.155. The molecule has 0 aliphatic heterocycles. The molecule has 0 saturated carbocycles. The summed E-state index contributed by atoms with van der Waals surface area (Å²) >= 11 is 1.37. The maximum absolute atomic E-state index is 11.8. The molecule has 4 aromatic rings. The molecular formula is C15H14N6OS. The van der Waals surface area contributed by atoms with Crippen LogP contribution in [0.25, 0.3) is 10.6 Å². The van der Waals surface area contributed by atoms with Gasteiger partial charge in [0.15, 0.2) is 0 Å². The normalized spacial score (nSPS) is 11.3. The Balaban J connectivity index is 1.48. The van der Waals surface area contributed by atoms with Gasteiger partial charge in [0.05, 0.1) is 5.69 Å². The van der Waals surface area contributed by atoms with Crippen LogP contribution >= 0.6 is 11.3 Å². The largest absolute Gasteiger partial charge is 0.360 e. The molecule has 0 unspecified atom stereocenters. The van der Waals surface area contributed by atoms with Crippen molar-refractivity contribution >= 4 is 27.1 Å². The number of pyridine rings is 1. The summed E-state index contributed by atoms with van der Waals surface area (Å²) in [7, 11) is 0. The van der Waals surface area contributed by atoms with E-state index in [-0.39, 0.29) is 5.56 Å². The van der Waals surface area contributed by atoms with Crippen molar-refractivity contribution in [2.24, 2.45) is 0 Å². The molecular weight excluding hydrogens is 312 g/mol. The Morgan fingerprint density at radius 2 is 2.22 bits per heavy atom. The second kappa shape index (κ2) is 5.47. The van der Waals surface area contributed by atoms with Gasteiger partial charge in [-0.25, -0.2) is 9.97 Å². The SMILES string of the molecule is Cc1cc(=O)n2nc(NCCc3cn4ccccc4n3)sc2n1.